The summed E-state index contributed by atoms with van der Waals surface area (Å²) < 4.78 is 5.39. The van der Waals surface area contributed by atoms with E-state index in [0.29, 0.717) is 17.7 Å². The number of unbranched alkanes of at least 4 members (excludes halogenated alkanes) is 9. The normalized spacial score (nSPS) is 10.9. The van der Waals surface area contributed by atoms with Crippen LogP contribution in [-0.4, -0.2) is 18.0 Å². The smallest absolute Gasteiger partial charge is 0.166 e. The molecule has 0 aliphatic heterocycles. The molecule has 1 N–H and O–H groups in total. The Hall–Kier alpha value is -1.51. The molecule has 0 aliphatic rings. The van der Waals surface area contributed by atoms with Crippen LogP contribution in [-0.2, 0) is 6.42 Å². The summed E-state index contributed by atoms with van der Waals surface area (Å²) in [5.74, 6) is 0.784. The maximum atomic E-state index is 12.5. The number of carbonyl (C=O) groups excluding carboxylic acids is 1. The molecule has 0 aromatic heterocycles. The monoisotopic (exact) mass is 362 g/mol. The molecule has 148 valence electrons. The molecule has 0 spiro atoms. The van der Waals surface area contributed by atoms with Crippen LogP contribution >= 0.6 is 0 Å². The number of hydrogen-bond donors (Lipinski definition) is 1. The number of carbonyl (C=O) groups is 1. The quantitative estimate of drug-likeness (QED) is 0.274. The summed E-state index contributed by atoms with van der Waals surface area (Å²) in [6.45, 7) is 4.42. The molecule has 0 saturated heterocycles. The summed E-state index contributed by atoms with van der Waals surface area (Å²) in [5, 5.41) is 10.2. The fraction of sp³-hybridized carbons (Fsp3) is 0.696. The number of phenolic OH excluding ortho intramolecular Hbond substituents is 1. The van der Waals surface area contributed by atoms with Crippen molar-refractivity contribution >= 4 is 5.78 Å². The zero-order valence-corrected chi connectivity index (χ0v) is 17.1. The van der Waals surface area contributed by atoms with E-state index in [9.17, 15) is 9.90 Å². The maximum absolute atomic E-state index is 12.5. The van der Waals surface area contributed by atoms with Crippen LogP contribution in [0.3, 0.4) is 0 Å². The Bertz CT molecular complexity index is 522. The number of ether oxygens (including phenoxy) is 1. The predicted octanol–water partition coefficient (Wildman–Crippen LogP) is 6.85. The first kappa shape index (κ1) is 22.5. The second-order valence-corrected chi connectivity index (χ2v) is 7.29. The number of Topliss-reactive ketones (excluding diaryl/α,β-unsaturated/α-hetero) is 1. The number of phenols is 1. The maximum Gasteiger partial charge on any atom is 0.166 e. The van der Waals surface area contributed by atoms with E-state index in [4.69, 9.17) is 4.74 Å². The van der Waals surface area contributed by atoms with Gasteiger partial charge in [-0.05, 0) is 30.9 Å². The second-order valence-electron chi connectivity index (χ2n) is 7.29. The van der Waals surface area contributed by atoms with Gasteiger partial charge >= 0.3 is 0 Å². The lowest BCUT2D eigenvalue weighted by Gasteiger charge is -2.12. The summed E-state index contributed by atoms with van der Waals surface area (Å²) >= 11 is 0. The van der Waals surface area contributed by atoms with Crippen molar-refractivity contribution in [3.63, 3.8) is 0 Å². The van der Waals surface area contributed by atoms with Crippen LogP contribution in [0, 0.1) is 0 Å². The van der Waals surface area contributed by atoms with Crippen molar-refractivity contribution in [1.82, 2.24) is 0 Å². The topological polar surface area (TPSA) is 46.5 Å². The highest BCUT2D eigenvalue weighted by Gasteiger charge is 2.15. The lowest BCUT2D eigenvalue weighted by molar-refractivity contribution is 0.0976. The van der Waals surface area contributed by atoms with Gasteiger partial charge in [-0.15, -0.1) is 0 Å². The number of methoxy groups -OCH3 is 1. The first-order chi connectivity index (χ1) is 12.6. The average Bonchev–Trinajstić information content (AvgIpc) is 2.64. The second kappa shape index (κ2) is 13.7. The van der Waals surface area contributed by atoms with Crippen molar-refractivity contribution in [2.45, 2.75) is 97.3 Å². The summed E-state index contributed by atoms with van der Waals surface area (Å²) in [7, 11) is 1.62. The predicted molar refractivity (Wildman–Crippen MR) is 109 cm³/mol. The zero-order chi connectivity index (χ0) is 19.2. The van der Waals surface area contributed by atoms with Gasteiger partial charge in [-0.1, -0.05) is 71.6 Å². The molecule has 1 aromatic rings. The minimum atomic E-state index is 0.0482. The standard InChI is InChI=1S/C23H38O3/c1-4-6-8-10-11-12-14-16-21(24)20-17-19(15-13-9-7-5-2)23(26-3)18-22(20)25/h17-18,25H,4-16H2,1-3H3. The average molecular weight is 363 g/mol. The van der Waals surface area contributed by atoms with Crippen molar-refractivity contribution < 1.29 is 14.6 Å². The number of hydrogen-bond acceptors (Lipinski definition) is 3. The highest BCUT2D eigenvalue weighted by atomic mass is 16.5. The summed E-state index contributed by atoms with van der Waals surface area (Å²) in [6.07, 6.45) is 14.4. The van der Waals surface area contributed by atoms with Crippen LogP contribution in [0.2, 0.25) is 0 Å². The molecule has 0 bridgehead atoms. The lowest BCUT2D eigenvalue weighted by Crippen LogP contribution is -2.03. The number of benzene rings is 1. The molecule has 0 aliphatic carbocycles. The molecule has 0 heterocycles. The summed E-state index contributed by atoms with van der Waals surface area (Å²) in [5.41, 5.74) is 1.49. The highest BCUT2D eigenvalue weighted by Crippen LogP contribution is 2.31. The van der Waals surface area contributed by atoms with Crippen molar-refractivity contribution in [1.29, 1.82) is 0 Å². The van der Waals surface area contributed by atoms with E-state index >= 15 is 0 Å². The van der Waals surface area contributed by atoms with Gasteiger partial charge in [-0.3, -0.25) is 4.79 Å². The number of aromatic hydroxyl groups is 1. The fourth-order valence-electron chi connectivity index (χ4n) is 3.34. The van der Waals surface area contributed by atoms with E-state index in [1.807, 2.05) is 6.07 Å². The third-order valence-electron chi connectivity index (χ3n) is 5.01. The van der Waals surface area contributed by atoms with Crippen LogP contribution in [0.1, 0.15) is 107 Å². The largest absolute Gasteiger partial charge is 0.507 e. The molecule has 0 unspecified atom stereocenters. The molecule has 3 nitrogen and oxygen atoms in total. The zero-order valence-electron chi connectivity index (χ0n) is 17.1. The molecular formula is C23H38O3. The van der Waals surface area contributed by atoms with Crippen LogP contribution in [0.25, 0.3) is 0 Å². The van der Waals surface area contributed by atoms with Crippen LogP contribution < -0.4 is 4.74 Å². The minimum absolute atomic E-state index is 0.0482. The Labute approximate surface area is 160 Å². The Morgan fingerprint density at radius 1 is 0.885 bits per heavy atom. The van der Waals surface area contributed by atoms with Gasteiger partial charge in [0.2, 0.25) is 0 Å². The van der Waals surface area contributed by atoms with Crippen LogP contribution in [0.15, 0.2) is 12.1 Å². The van der Waals surface area contributed by atoms with Crippen molar-refractivity contribution in [3.05, 3.63) is 23.3 Å². The van der Waals surface area contributed by atoms with E-state index in [1.54, 1.807) is 13.2 Å². The van der Waals surface area contributed by atoms with Crippen molar-refractivity contribution in [3.8, 4) is 11.5 Å². The molecule has 1 aromatic carbocycles. The van der Waals surface area contributed by atoms with Crippen molar-refractivity contribution in [2.75, 3.05) is 7.11 Å². The summed E-state index contributed by atoms with van der Waals surface area (Å²) in [6, 6.07) is 3.46. The molecule has 26 heavy (non-hydrogen) atoms. The first-order valence-corrected chi connectivity index (χ1v) is 10.6. The van der Waals surface area contributed by atoms with Gasteiger partial charge in [0.25, 0.3) is 0 Å². The van der Waals surface area contributed by atoms with Gasteiger partial charge in [0.1, 0.15) is 11.5 Å². The molecule has 0 fully saturated rings. The fourth-order valence-corrected chi connectivity index (χ4v) is 3.34. The lowest BCUT2D eigenvalue weighted by atomic mass is 9.97. The van der Waals surface area contributed by atoms with E-state index in [2.05, 4.69) is 13.8 Å². The molecule has 1 rings (SSSR count). The molecule has 0 saturated carbocycles. The highest BCUT2D eigenvalue weighted by molar-refractivity contribution is 5.99. The van der Waals surface area contributed by atoms with E-state index < -0.39 is 0 Å². The number of ketones is 1. The summed E-state index contributed by atoms with van der Waals surface area (Å²) in [4.78, 5) is 12.5. The van der Waals surface area contributed by atoms with Gasteiger partial charge in [-0.25, -0.2) is 0 Å². The van der Waals surface area contributed by atoms with Crippen LogP contribution in [0.4, 0.5) is 0 Å². The minimum Gasteiger partial charge on any atom is -0.507 e. The molecule has 3 heteroatoms. The van der Waals surface area contributed by atoms with E-state index in [1.165, 1.54) is 51.4 Å². The van der Waals surface area contributed by atoms with Gasteiger partial charge in [-0.2, -0.15) is 0 Å². The molecule has 0 amide bonds. The van der Waals surface area contributed by atoms with E-state index in [-0.39, 0.29) is 11.5 Å². The van der Waals surface area contributed by atoms with E-state index in [0.717, 1.165) is 31.2 Å². The SMILES string of the molecule is CCCCCCCCCC(=O)c1cc(CCCCCC)c(OC)cc1O. The van der Waals surface area contributed by atoms with Gasteiger partial charge < -0.3 is 9.84 Å². The number of rotatable bonds is 15. The molecular weight excluding hydrogens is 324 g/mol. The first-order valence-electron chi connectivity index (χ1n) is 10.6. The van der Waals surface area contributed by atoms with Gasteiger partial charge in [0.15, 0.2) is 5.78 Å². The third kappa shape index (κ3) is 8.25. The Morgan fingerprint density at radius 2 is 1.46 bits per heavy atom. The third-order valence-corrected chi connectivity index (χ3v) is 5.01. The Morgan fingerprint density at radius 3 is 2.08 bits per heavy atom. The molecule has 0 atom stereocenters. The van der Waals surface area contributed by atoms with Gasteiger partial charge in [0.05, 0.1) is 12.7 Å². The van der Waals surface area contributed by atoms with Crippen LogP contribution in [0.5, 0.6) is 11.5 Å². The Balaban J connectivity index is 2.56. The van der Waals surface area contributed by atoms with Crippen molar-refractivity contribution in [2.24, 2.45) is 0 Å². The van der Waals surface area contributed by atoms with Gasteiger partial charge in [0, 0.05) is 12.5 Å². The number of aryl methyl sites for hydroxylation is 1. The molecule has 0 radical (unpaired) electrons. The Kier molecular flexibility index (Phi) is 11.8.